The Kier molecular flexibility index (Phi) is 5.56. The molecular weight excluding hydrogens is 340 g/mol. The predicted octanol–water partition coefficient (Wildman–Crippen LogP) is 2.12. The highest BCUT2D eigenvalue weighted by Crippen LogP contribution is 2.29. The maximum atomic E-state index is 12.4. The first kappa shape index (κ1) is 19.4. The average molecular weight is 366 g/mol. The second kappa shape index (κ2) is 7.15. The van der Waals surface area contributed by atoms with Crippen molar-refractivity contribution >= 4 is 27.4 Å². The van der Waals surface area contributed by atoms with Gasteiger partial charge in [0.1, 0.15) is 5.78 Å². The Balaban J connectivity index is 2.12. The second-order valence-corrected chi connectivity index (χ2v) is 8.88. The fraction of sp³-hybridized carbons (Fsp3) is 0.556. The first-order valence-electron chi connectivity index (χ1n) is 8.49. The number of carbonyl (C=O) groups is 2. The first-order chi connectivity index (χ1) is 11.5. The zero-order valence-electron chi connectivity index (χ0n) is 15.4. The van der Waals surface area contributed by atoms with Gasteiger partial charge in [0.05, 0.1) is 10.8 Å². The lowest BCUT2D eigenvalue weighted by molar-refractivity contribution is -0.126. The molecule has 1 aromatic carbocycles. The Morgan fingerprint density at radius 2 is 1.72 bits per heavy atom. The van der Waals surface area contributed by atoms with Crippen molar-refractivity contribution in [3.8, 4) is 0 Å². The number of amides is 1. The topological polar surface area (TPSA) is 83.6 Å². The Bertz CT molecular complexity index is 778. The van der Waals surface area contributed by atoms with Gasteiger partial charge in [-0.3, -0.25) is 9.59 Å². The van der Waals surface area contributed by atoms with E-state index in [1.54, 1.807) is 32.9 Å². The van der Waals surface area contributed by atoms with Gasteiger partial charge in [0.15, 0.2) is 0 Å². The predicted molar refractivity (Wildman–Crippen MR) is 96.9 cm³/mol. The Labute approximate surface area is 149 Å². The normalized spacial score (nSPS) is 15.4. The molecule has 1 aliphatic heterocycles. The van der Waals surface area contributed by atoms with Crippen molar-refractivity contribution in [1.29, 1.82) is 0 Å². The number of benzene rings is 1. The van der Waals surface area contributed by atoms with Crippen molar-refractivity contribution in [2.45, 2.75) is 39.5 Å². The monoisotopic (exact) mass is 366 g/mol. The number of ketones is 1. The maximum absolute atomic E-state index is 12.4. The molecule has 0 radical (unpaired) electrons. The molecule has 1 N–H and O–H groups in total. The number of hydrogen-bond acceptors (Lipinski definition) is 5. The number of carbonyl (C=O) groups excluding carboxylic acids is 2. The van der Waals surface area contributed by atoms with Crippen LogP contribution in [0.4, 0.5) is 5.69 Å². The number of anilines is 1. The van der Waals surface area contributed by atoms with Crippen LogP contribution in [0.2, 0.25) is 0 Å². The fourth-order valence-electron chi connectivity index (χ4n) is 2.78. The summed E-state index contributed by atoms with van der Waals surface area (Å²) < 4.78 is 26.8. The van der Waals surface area contributed by atoms with Crippen LogP contribution in [0.1, 0.15) is 33.3 Å². The molecular formula is C18H26N2O4S. The van der Waals surface area contributed by atoms with Gasteiger partial charge in [-0.25, -0.2) is 13.1 Å². The van der Waals surface area contributed by atoms with Gasteiger partial charge in [-0.05, 0) is 30.7 Å². The van der Waals surface area contributed by atoms with Crippen LogP contribution in [0.15, 0.2) is 23.1 Å². The summed E-state index contributed by atoms with van der Waals surface area (Å²) in [4.78, 5) is 25.8. The summed E-state index contributed by atoms with van der Waals surface area (Å²) in [5.41, 5.74) is 1.46. The number of nitrogens with one attached hydrogen (secondary N) is 1. The lowest BCUT2D eigenvalue weighted by Gasteiger charge is -2.41. The molecule has 0 spiro atoms. The Hall–Kier alpha value is -1.89. The molecule has 1 fully saturated rings. The highest BCUT2D eigenvalue weighted by atomic mass is 32.2. The van der Waals surface area contributed by atoms with E-state index in [1.165, 1.54) is 6.07 Å². The molecule has 7 heteroatoms. The summed E-state index contributed by atoms with van der Waals surface area (Å²) in [5.74, 6) is -0.587. The van der Waals surface area contributed by atoms with E-state index in [4.69, 9.17) is 0 Å². The quantitative estimate of drug-likeness (QED) is 0.834. The molecule has 25 heavy (non-hydrogen) atoms. The van der Waals surface area contributed by atoms with Gasteiger partial charge in [0.25, 0.3) is 10.0 Å². The van der Waals surface area contributed by atoms with Gasteiger partial charge in [-0.15, -0.1) is 0 Å². The third-order valence-electron chi connectivity index (χ3n) is 4.43. The van der Waals surface area contributed by atoms with Crippen molar-refractivity contribution < 1.29 is 18.0 Å². The van der Waals surface area contributed by atoms with Gasteiger partial charge in [-0.2, -0.15) is 0 Å². The Morgan fingerprint density at radius 3 is 2.20 bits per heavy atom. The van der Waals surface area contributed by atoms with E-state index >= 15 is 0 Å². The van der Waals surface area contributed by atoms with Gasteiger partial charge < -0.3 is 4.90 Å². The van der Waals surface area contributed by atoms with Crippen LogP contribution in [-0.4, -0.2) is 33.2 Å². The average Bonchev–Trinajstić information content (AvgIpc) is 2.44. The highest BCUT2D eigenvalue weighted by molar-refractivity contribution is 7.90. The SMILES string of the molecule is Cc1cc(N2CC(C(=O)C(C)C)C2)ccc1S(=O)(=O)NC(=O)C(C)C. The minimum atomic E-state index is -3.87. The highest BCUT2D eigenvalue weighted by Gasteiger charge is 2.34. The summed E-state index contributed by atoms with van der Waals surface area (Å²) in [5, 5.41) is 0. The first-order valence-corrected chi connectivity index (χ1v) is 9.97. The number of hydrogen-bond donors (Lipinski definition) is 1. The van der Waals surface area contributed by atoms with Crippen LogP contribution < -0.4 is 9.62 Å². The van der Waals surface area contributed by atoms with Gasteiger partial charge >= 0.3 is 0 Å². The summed E-state index contributed by atoms with van der Waals surface area (Å²) in [6.07, 6.45) is 0. The molecule has 0 aliphatic carbocycles. The number of aryl methyl sites for hydroxylation is 1. The zero-order valence-corrected chi connectivity index (χ0v) is 16.2. The van der Waals surface area contributed by atoms with Crippen LogP contribution in [0.3, 0.4) is 0 Å². The summed E-state index contributed by atoms with van der Waals surface area (Å²) in [6.45, 7) is 10.1. The third-order valence-corrected chi connectivity index (χ3v) is 5.93. The zero-order chi connectivity index (χ0) is 18.9. The molecule has 6 nitrogen and oxygen atoms in total. The van der Waals surface area contributed by atoms with Crippen molar-refractivity contribution in [3.05, 3.63) is 23.8 Å². The maximum Gasteiger partial charge on any atom is 0.264 e. The molecule has 1 heterocycles. The number of sulfonamides is 1. The smallest absolute Gasteiger partial charge is 0.264 e. The van der Waals surface area contributed by atoms with Crippen molar-refractivity contribution in [2.75, 3.05) is 18.0 Å². The lowest BCUT2D eigenvalue weighted by Crippen LogP contribution is -2.51. The van der Waals surface area contributed by atoms with Crippen LogP contribution in [0, 0.1) is 24.7 Å². The van der Waals surface area contributed by atoms with E-state index < -0.39 is 21.8 Å². The van der Waals surface area contributed by atoms with E-state index in [1.807, 2.05) is 13.8 Å². The van der Waals surface area contributed by atoms with Crippen LogP contribution >= 0.6 is 0 Å². The fourth-order valence-corrected chi connectivity index (χ4v) is 4.12. The van der Waals surface area contributed by atoms with E-state index in [-0.39, 0.29) is 22.5 Å². The van der Waals surface area contributed by atoms with Crippen molar-refractivity contribution in [1.82, 2.24) is 4.72 Å². The molecule has 1 aliphatic rings. The van der Waals surface area contributed by atoms with E-state index in [0.717, 1.165) is 5.69 Å². The molecule has 0 aromatic heterocycles. The summed E-state index contributed by atoms with van der Waals surface area (Å²) >= 11 is 0. The second-order valence-electron chi connectivity index (χ2n) is 7.23. The minimum Gasteiger partial charge on any atom is -0.370 e. The third kappa shape index (κ3) is 4.21. The minimum absolute atomic E-state index is 0.0333. The van der Waals surface area contributed by atoms with Crippen molar-refractivity contribution in [3.63, 3.8) is 0 Å². The lowest BCUT2D eigenvalue weighted by atomic mass is 9.88. The largest absolute Gasteiger partial charge is 0.370 e. The van der Waals surface area contributed by atoms with Gasteiger partial charge in [0.2, 0.25) is 5.91 Å². The molecule has 138 valence electrons. The number of nitrogens with zero attached hydrogens (tertiary/aromatic N) is 1. The van der Waals surface area contributed by atoms with Crippen LogP contribution in [0.25, 0.3) is 0 Å². The molecule has 1 amide bonds. The molecule has 2 rings (SSSR count). The number of rotatable bonds is 6. The summed E-state index contributed by atoms with van der Waals surface area (Å²) in [7, 11) is -3.87. The molecule has 0 unspecified atom stereocenters. The molecule has 0 atom stereocenters. The molecule has 0 saturated carbocycles. The van der Waals surface area contributed by atoms with E-state index in [2.05, 4.69) is 9.62 Å². The standard InChI is InChI=1S/C18H26N2O4S/c1-11(2)17(21)14-9-20(10-14)15-6-7-16(13(5)8-15)25(23,24)19-18(22)12(3)4/h6-8,11-12,14H,9-10H2,1-5H3,(H,19,22). The Morgan fingerprint density at radius 1 is 1.12 bits per heavy atom. The van der Waals surface area contributed by atoms with E-state index in [0.29, 0.717) is 18.7 Å². The van der Waals surface area contributed by atoms with Gasteiger partial charge in [-0.1, -0.05) is 27.7 Å². The molecule has 1 aromatic rings. The summed E-state index contributed by atoms with van der Waals surface area (Å²) in [6, 6.07) is 5.01. The van der Waals surface area contributed by atoms with E-state index in [9.17, 15) is 18.0 Å². The van der Waals surface area contributed by atoms with Gasteiger partial charge in [0, 0.05) is 30.6 Å². The molecule has 1 saturated heterocycles. The van der Waals surface area contributed by atoms with Crippen LogP contribution in [-0.2, 0) is 19.6 Å². The van der Waals surface area contributed by atoms with Crippen LogP contribution in [0.5, 0.6) is 0 Å². The number of Topliss-reactive ketones (excluding diaryl/α,β-unsaturated/α-hetero) is 1. The van der Waals surface area contributed by atoms with Crippen molar-refractivity contribution in [2.24, 2.45) is 17.8 Å². The molecule has 0 bridgehead atoms.